The molecule has 20 heavy (non-hydrogen) atoms. The van der Waals surface area contributed by atoms with E-state index in [9.17, 15) is 4.79 Å². The van der Waals surface area contributed by atoms with E-state index >= 15 is 0 Å². The van der Waals surface area contributed by atoms with Gasteiger partial charge in [0.2, 0.25) is 0 Å². The van der Waals surface area contributed by atoms with Crippen LogP contribution in [0.1, 0.15) is 23.1 Å². The minimum atomic E-state index is 0.364. The Balaban J connectivity index is 2.02. The summed E-state index contributed by atoms with van der Waals surface area (Å²) in [5.74, 6) is 0.805. The van der Waals surface area contributed by atoms with Crippen molar-refractivity contribution in [2.24, 2.45) is 0 Å². The second-order valence-electron chi connectivity index (χ2n) is 4.57. The molecular formula is C15H17N3O2. The van der Waals surface area contributed by atoms with Crippen molar-refractivity contribution in [2.45, 2.75) is 19.9 Å². The molecule has 0 N–H and O–H groups in total. The van der Waals surface area contributed by atoms with E-state index in [0.717, 1.165) is 23.3 Å². The number of aromatic nitrogens is 3. The van der Waals surface area contributed by atoms with Gasteiger partial charge in [0.05, 0.1) is 18.8 Å². The molecule has 2 aromatic rings. The van der Waals surface area contributed by atoms with Gasteiger partial charge in [0.1, 0.15) is 11.4 Å². The lowest BCUT2D eigenvalue weighted by Gasteiger charge is -2.08. The normalized spacial score (nSPS) is 10.2. The van der Waals surface area contributed by atoms with E-state index in [-0.39, 0.29) is 0 Å². The second kappa shape index (κ2) is 6.65. The second-order valence-corrected chi connectivity index (χ2v) is 4.57. The Morgan fingerprint density at radius 3 is 2.80 bits per heavy atom. The topological polar surface area (TPSA) is 57.0 Å². The van der Waals surface area contributed by atoms with E-state index < -0.39 is 0 Å². The minimum Gasteiger partial charge on any atom is -0.493 e. The standard InChI is InChI=1S/C15H17N3O2/c1-12(2)10-18-15(14(11-19)16-17-18)8-9-20-13-6-4-3-5-7-13/h3-7,11H,1,8-10H2,2H3. The number of aldehydes is 1. The number of benzene rings is 1. The van der Waals surface area contributed by atoms with Gasteiger partial charge in [0, 0.05) is 6.42 Å². The Hall–Kier alpha value is -2.43. The van der Waals surface area contributed by atoms with E-state index in [1.54, 1.807) is 4.68 Å². The molecule has 0 spiro atoms. The number of para-hydroxylation sites is 1. The maximum Gasteiger partial charge on any atom is 0.172 e. The quantitative estimate of drug-likeness (QED) is 0.572. The van der Waals surface area contributed by atoms with Crippen LogP contribution in [0.15, 0.2) is 42.5 Å². The summed E-state index contributed by atoms with van der Waals surface area (Å²) in [4.78, 5) is 11.0. The van der Waals surface area contributed by atoms with E-state index in [0.29, 0.717) is 25.3 Å². The van der Waals surface area contributed by atoms with Crippen LogP contribution in [0.5, 0.6) is 5.75 Å². The van der Waals surface area contributed by atoms with Crippen molar-refractivity contribution in [3.63, 3.8) is 0 Å². The molecule has 0 radical (unpaired) electrons. The van der Waals surface area contributed by atoms with Gasteiger partial charge in [-0.1, -0.05) is 35.6 Å². The number of ether oxygens (including phenoxy) is 1. The fraction of sp³-hybridized carbons (Fsp3) is 0.267. The van der Waals surface area contributed by atoms with Gasteiger partial charge in [0.15, 0.2) is 6.29 Å². The summed E-state index contributed by atoms with van der Waals surface area (Å²) in [6, 6.07) is 9.55. The predicted molar refractivity (Wildman–Crippen MR) is 75.9 cm³/mol. The van der Waals surface area contributed by atoms with Crippen molar-refractivity contribution in [3.05, 3.63) is 53.9 Å². The SMILES string of the molecule is C=C(C)Cn1nnc(C=O)c1CCOc1ccccc1. The number of rotatable bonds is 7. The smallest absolute Gasteiger partial charge is 0.172 e. The van der Waals surface area contributed by atoms with Gasteiger partial charge in [-0.3, -0.25) is 4.79 Å². The first kappa shape index (κ1) is 14.0. The molecule has 1 aromatic heterocycles. The zero-order chi connectivity index (χ0) is 14.4. The van der Waals surface area contributed by atoms with Gasteiger partial charge >= 0.3 is 0 Å². The molecule has 0 aliphatic carbocycles. The third-order valence-corrected chi connectivity index (χ3v) is 2.75. The van der Waals surface area contributed by atoms with Crippen molar-refractivity contribution >= 4 is 6.29 Å². The molecule has 104 valence electrons. The third kappa shape index (κ3) is 3.54. The first-order chi connectivity index (χ1) is 9.70. The number of carbonyl (C=O) groups is 1. The highest BCUT2D eigenvalue weighted by molar-refractivity contribution is 5.73. The molecule has 0 saturated heterocycles. The Kier molecular flexibility index (Phi) is 4.65. The highest BCUT2D eigenvalue weighted by Crippen LogP contribution is 2.11. The van der Waals surface area contributed by atoms with Gasteiger partial charge in [0.25, 0.3) is 0 Å². The fourth-order valence-electron chi connectivity index (χ4n) is 1.86. The van der Waals surface area contributed by atoms with Crippen LogP contribution in [0, 0.1) is 0 Å². The minimum absolute atomic E-state index is 0.364. The summed E-state index contributed by atoms with van der Waals surface area (Å²) >= 11 is 0. The molecule has 2 rings (SSSR count). The molecule has 1 aromatic carbocycles. The van der Waals surface area contributed by atoms with Gasteiger partial charge < -0.3 is 4.74 Å². The molecule has 0 saturated carbocycles. The Morgan fingerprint density at radius 1 is 1.40 bits per heavy atom. The molecule has 0 amide bonds. The van der Waals surface area contributed by atoms with Crippen molar-refractivity contribution in [1.82, 2.24) is 15.0 Å². The maximum absolute atomic E-state index is 11.0. The summed E-state index contributed by atoms with van der Waals surface area (Å²) in [6.45, 7) is 6.78. The summed E-state index contributed by atoms with van der Waals surface area (Å²) < 4.78 is 7.33. The van der Waals surface area contributed by atoms with Crippen molar-refractivity contribution in [2.75, 3.05) is 6.61 Å². The lowest BCUT2D eigenvalue weighted by atomic mass is 10.2. The van der Waals surface area contributed by atoms with Crippen LogP contribution in [0.25, 0.3) is 0 Å². The van der Waals surface area contributed by atoms with Crippen LogP contribution in [-0.2, 0) is 13.0 Å². The number of allylic oxidation sites excluding steroid dienone is 1. The molecule has 0 fully saturated rings. The van der Waals surface area contributed by atoms with Crippen molar-refractivity contribution in [3.8, 4) is 5.75 Å². The van der Waals surface area contributed by atoms with Crippen LogP contribution >= 0.6 is 0 Å². The van der Waals surface area contributed by atoms with E-state index in [2.05, 4.69) is 16.9 Å². The molecule has 0 aliphatic heterocycles. The Labute approximate surface area is 117 Å². The molecule has 5 heteroatoms. The maximum atomic E-state index is 11.0. The molecule has 0 atom stereocenters. The summed E-state index contributed by atoms with van der Waals surface area (Å²) in [7, 11) is 0. The van der Waals surface area contributed by atoms with Crippen LogP contribution in [0.3, 0.4) is 0 Å². The third-order valence-electron chi connectivity index (χ3n) is 2.75. The van der Waals surface area contributed by atoms with Crippen molar-refractivity contribution in [1.29, 1.82) is 0 Å². The zero-order valence-corrected chi connectivity index (χ0v) is 11.5. The van der Waals surface area contributed by atoms with Gasteiger partial charge in [-0.25, -0.2) is 4.68 Å². The summed E-state index contributed by atoms with van der Waals surface area (Å²) in [5.41, 5.74) is 2.10. The number of carbonyl (C=O) groups excluding carboxylic acids is 1. The van der Waals surface area contributed by atoms with Crippen molar-refractivity contribution < 1.29 is 9.53 Å². The molecule has 0 bridgehead atoms. The highest BCUT2D eigenvalue weighted by atomic mass is 16.5. The zero-order valence-electron chi connectivity index (χ0n) is 11.5. The number of hydrogen-bond acceptors (Lipinski definition) is 4. The average Bonchev–Trinajstić information content (AvgIpc) is 2.82. The van der Waals surface area contributed by atoms with Gasteiger partial charge in [-0.2, -0.15) is 0 Å². The van der Waals surface area contributed by atoms with Gasteiger partial charge in [-0.05, 0) is 19.1 Å². The van der Waals surface area contributed by atoms with Crippen LogP contribution in [0.4, 0.5) is 0 Å². The first-order valence-corrected chi connectivity index (χ1v) is 6.40. The predicted octanol–water partition coefficient (Wildman–Crippen LogP) is 2.29. The van der Waals surface area contributed by atoms with Gasteiger partial charge in [-0.15, -0.1) is 5.10 Å². The molecule has 0 aliphatic rings. The molecule has 0 unspecified atom stereocenters. The van der Waals surface area contributed by atoms with E-state index in [1.807, 2.05) is 37.3 Å². The Bertz CT molecular complexity index is 590. The molecule has 1 heterocycles. The monoisotopic (exact) mass is 271 g/mol. The number of nitrogens with zero attached hydrogens (tertiary/aromatic N) is 3. The summed E-state index contributed by atoms with van der Waals surface area (Å²) in [6.07, 6.45) is 1.29. The van der Waals surface area contributed by atoms with E-state index in [4.69, 9.17) is 4.74 Å². The number of hydrogen-bond donors (Lipinski definition) is 0. The molecule has 5 nitrogen and oxygen atoms in total. The lowest BCUT2D eigenvalue weighted by molar-refractivity contribution is 0.111. The average molecular weight is 271 g/mol. The Morgan fingerprint density at radius 2 is 2.15 bits per heavy atom. The lowest BCUT2D eigenvalue weighted by Crippen LogP contribution is -2.11. The first-order valence-electron chi connectivity index (χ1n) is 6.40. The van der Waals surface area contributed by atoms with Crippen LogP contribution in [-0.4, -0.2) is 27.9 Å². The molecular weight excluding hydrogens is 254 g/mol. The van der Waals surface area contributed by atoms with E-state index in [1.165, 1.54) is 0 Å². The summed E-state index contributed by atoms with van der Waals surface area (Å²) in [5, 5.41) is 7.83. The fourth-order valence-corrected chi connectivity index (χ4v) is 1.86. The largest absolute Gasteiger partial charge is 0.493 e. The van der Waals surface area contributed by atoms with Crippen LogP contribution in [0.2, 0.25) is 0 Å². The highest BCUT2D eigenvalue weighted by Gasteiger charge is 2.12. The van der Waals surface area contributed by atoms with Crippen LogP contribution < -0.4 is 4.74 Å².